The van der Waals surface area contributed by atoms with Gasteiger partial charge in [0.15, 0.2) is 5.96 Å². The normalized spacial score (nSPS) is 16.6. The van der Waals surface area contributed by atoms with Crippen LogP contribution in [0.4, 0.5) is 0 Å². The van der Waals surface area contributed by atoms with Gasteiger partial charge >= 0.3 is 0 Å². The van der Waals surface area contributed by atoms with Crippen LogP contribution in [-0.2, 0) is 11.3 Å². The largest absolute Gasteiger partial charge is 0.383 e. The van der Waals surface area contributed by atoms with Gasteiger partial charge in [0.05, 0.1) is 18.2 Å². The SMILES string of the molecule is CN=C(NCc1ccc(C#N)cc1)NC1CCN(CCOC)CC1. The first kappa shape index (κ1) is 18.2. The fourth-order valence-corrected chi connectivity index (χ4v) is 2.79. The van der Waals surface area contributed by atoms with Gasteiger partial charge in [-0.1, -0.05) is 12.1 Å². The summed E-state index contributed by atoms with van der Waals surface area (Å²) >= 11 is 0. The number of methoxy groups -OCH3 is 1. The summed E-state index contributed by atoms with van der Waals surface area (Å²) in [7, 11) is 3.54. The summed E-state index contributed by atoms with van der Waals surface area (Å²) in [6, 6.07) is 10.2. The number of aliphatic imine (C=N–C) groups is 1. The topological polar surface area (TPSA) is 72.7 Å². The Morgan fingerprint density at radius 2 is 2.04 bits per heavy atom. The second kappa shape index (κ2) is 9.91. The Balaban J connectivity index is 1.73. The van der Waals surface area contributed by atoms with E-state index in [1.54, 1.807) is 14.2 Å². The van der Waals surface area contributed by atoms with Crippen LogP contribution in [-0.4, -0.2) is 57.3 Å². The van der Waals surface area contributed by atoms with Crippen molar-refractivity contribution in [1.82, 2.24) is 15.5 Å². The van der Waals surface area contributed by atoms with Crippen molar-refractivity contribution in [3.05, 3.63) is 35.4 Å². The van der Waals surface area contributed by atoms with Crippen LogP contribution in [0.2, 0.25) is 0 Å². The van der Waals surface area contributed by atoms with E-state index in [1.165, 1.54) is 0 Å². The highest BCUT2D eigenvalue weighted by Crippen LogP contribution is 2.10. The van der Waals surface area contributed by atoms with E-state index in [0.717, 1.165) is 50.6 Å². The van der Waals surface area contributed by atoms with Crippen LogP contribution in [0.1, 0.15) is 24.0 Å². The molecule has 1 aromatic carbocycles. The number of benzene rings is 1. The molecule has 0 unspecified atom stereocenters. The number of piperidine rings is 1. The van der Waals surface area contributed by atoms with E-state index >= 15 is 0 Å². The summed E-state index contributed by atoms with van der Waals surface area (Å²) in [6.07, 6.45) is 2.22. The Morgan fingerprint density at radius 3 is 2.62 bits per heavy atom. The zero-order chi connectivity index (χ0) is 17.2. The van der Waals surface area contributed by atoms with Crippen LogP contribution in [0.15, 0.2) is 29.3 Å². The minimum absolute atomic E-state index is 0.455. The highest BCUT2D eigenvalue weighted by Gasteiger charge is 2.19. The smallest absolute Gasteiger partial charge is 0.191 e. The van der Waals surface area contributed by atoms with Crippen molar-refractivity contribution >= 4 is 5.96 Å². The Kier molecular flexibility index (Phi) is 7.53. The monoisotopic (exact) mass is 329 g/mol. The number of nitrogens with one attached hydrogen (secondary N) is 2. The zero-order valence-electron chi connectivity index (χ0n) is 14.6. The maximum Gasteiger partial charge on any atom is 0.191 e. The van der Waals surface area contributed by atoms with E-state index in [9.17, 15) is 0 Å². The van der Waals surface area contributed by atoms with Crippen molar-refractivity contribution in [3.63, 3.8) is 0 Å². The van der Waals surface area contributed by atoms with E-state index in [0.29, 0.717) is 18.2 Å². The average molecular weight is 329 g/mol. The Bertz CT molecular complexity index is 556. The first-order valence-corrected chi connectivity index (χ1v) is 8.42. The van der Waals surface area contributed by atoms with Gasteiger partial charge in [0.1, 0.15) is 0 Å². The van der Waals surface area contributed by atoms with Crippen LogP contribution in [0.5, 0.6) is 0 Å². The highest BCUT2D eigenvalue weighted by atomic mass is 16.5. The Hall–Kier alpha value is -2.10. The first-order valence-electron chi connectivity index (χ1n) is 8.42. The van der Waals surface area contributed by atoms with Gasteiger partial charge in [-0.05, 0) is 30.5 Å². The Labute approximate surface area is 144 Å². The Morgan fingerprint density at radius 1 is 1.33 bits per heavy atom. The average Bonchev–Trinajstić information content (AvgIpc) is 2.64. The number of hydrogen-bond donors (Lipinski definition) is 2. The molecule has 2 N–H and O–H groups in total. The lowest BCUT2D eigenvalue weighted by molar-refractivity contribution is 0.128. The predicted molar refractivity (Wildman–Crippen MR) is 95.8 cm³/mol. The number of guanidine groups is 1. The maximum absolute atomic E-state index is 8.83. The van der Waals surface area contributed by atoms with Gasteiger partial charge in [0.2, 0.25) is 0 Å². The standard InChI is InChI=1S/C18H27N5O/c1-20-18(21-14-16-5-3-15(13-19)4-6-16)22-17-7-9-23(10-8-17)11-12-24-2/h3-6,17H,7-12,14H2,1-2H3,(H2,20,21,22). The molecule has 0 spiro atoms. The third-order valence-electron chi connectivity index (χ3n) is 4.31. The summed E-state index contributed by atoms with van der Waals surface area (Å²) in [5.41, 5.74) is 1.81. The summed E-state index contributed by atoms with van der Waals surface area (Å²) in [4.78, 5) is 6.75. The molecule has 0 aliphatic carbocycles. The van der Waals surface area contributed by atoms with Crippen molar-refractivity contribution in [1.29, 1.82) is 5.26 Å². The maximum atomic E-state index is 8.83. The van der Waals surface area contributed by atoms with Gasteiger partial charge < -0.3 is 20.3 Å². The third-order valence-corrected chi connectivity index (χ3v) is 4.31. The van der Waals surface area contributed by atoms with E-state index in [2.05, 4.69) is 26.6 Å². The highest BCUT2D eigenvalue weighted by molar-refractivity contribution is 5.79. The molecule has 0 amide bonds. The molecule has 24 heavy (non-hydrogen) atoms. The molecule has 130 valence electrons. The lowest BCUT2D eigenvalue weighted by Crippen LogP contribution is -2.48. The minimum atomic E-state index is 0.455. The van der Waals surface area contributed by atoms with Crippen molar-refractivity contribution in [2.75, 3.05) is 40.4 Å². The molecule has 2 rings (SSSR count). The van der Waals surface area contributed by atoms with Gasteiger partial charge in [0, 0.05) is 46.4 Å². The molecular formula is C18H27N5O. The zero-order valence-corrected chi connectivity index (χ0v) is 14.6. The van der Waals surface area contributed by atoms with Gasteiger partial charge in [-0.15, -0.1) is 0 Å². The molecule has 6 heteroatoms. The van der Waals surface area contributed by atoms with Gasteiger partial charge in [-0.3, -0.25) is 4.99 Å². The van der Waals surface area contributed by atoms with E-state index in [1.807, 2.05) is 24.3 Å². The number of ether oxygens (including phenoxy) is 1. The molecule has 1 heterocycles. The van der Waals surface area contributed by atoms with E-state index in [-0.39, 0.29) is 0 Å². The van der Waals surface area contributed by atoms with E-state index < -0.39 is 0 Å². The fraction of sp³-hybridized carbons (Fsp3) is 0.556. The summed E-state index contributed by atoms with van der Waals surface area (Å²) in [5, 5.41) is 15.7. The quantitative estimate of drug-likeness (QED) is 0.608. The fourth-order valence-electron chi connectivity index (χ4n) is 2.79. The molecule has 0 atom stereocenters. The molecule has 0 bridgehead atoms. The summed E-state index contributed by atoms with van der Waals surface area (Å²) < 4.78 is 5.14. The van der Waals surface area contributed by atoms with Crippen LogP contribution >= 0.6 is 0 Å². The van der Waals surface area contributed by atoms with Crippen LogP contribution in [0.25, 0.3) is 0 Å². The molecule has 0 aromatic heterocycles. The lowest BCUT2D eigenvalue weighted by atomic mass is 10.1. The molecule has 1 aliphatic rings. The number of hydrogen-bond acceptors (Lipinski definition) is 4. The molecule has 1 saturated heterocycles. The first-order chi connectivity index (χ1) is 11.7. The number of likely N-dealkylation sites (tertiary alicyclic amines) is 1. The molecule has 0 saturated carbocycles. The lowest BCUT2D eigenvalue weighted by Gasteiger charge is -2.32. The molecule has 1 aliphatic heterocycles. The molecule has 0 radical (unpaired) electrons. The van der Waals surface area contributed by atoms with Crippen molar-refractivity contribution in [2.24, 2.45) is 4.99 Å². The van der Waals surface area contributed by atoms with Crippen LogP contribution < -0.4 is 10.6 Å². The molecular weight excluding hydrogens is 302 g/mol. The molecule has 1 aromatic rings. The van der Waals surface area contributed by atoms with E-state index in [4.69, 9.17) is 10.00 Å². The number of nitriles is 1. The summed E-state index contributed by atoms with van der Waals surface area (Å²) in [5.74, 6) is 0.828. The summed E-state index contributed by atoms with van der Waals surface area (Å²) in [6.45, 7) is 4.68. The van der Waals surface area contributed by atoms with Crippen molar-refractivity contribution < 1.29 is 4.74 Å². The molecule has 1 fully saturated rings. The number of rotatable bonds is 6. The second-order valence-corrected chi connectivity index (χ2v) is 5.99. The van der Waals surface area contributed by atoms with Crippen molar-refractivity contribution in [3.8, 4) is 6.07 Å². The van der Waals surface area contributed by atoms with Crippen LogP contribution in [0, 0.1) is 11.3 Å². The van der Waals surface area contributed by atoms with Gasteiger partial charge in [0.25, 0.3) is 0 Å². The third kappa shape index (κ3) is 5.84. The van der Waals surface area contributed by atoms with Gasteiger partial charge in [-0.2, -0.15) is 5.26 Å². The predicted octanol–water partition coefficient (Wildman–Crippen LogP) is 1.33. The van der Waals surface area contributed by atoms with Crippen LogP contribution in [0.3, 0.4) is 0 Å². The van der Waals surface area contributed by atoms with Crippen molar-refractivity contribution in [2.45, 2.75) is 25.4 Å². The second-order valence-electron chi connectivity index (χ2n) is 5.99. The minimum Gasteiger partial charge on any atom is -0.383 e. The number of nitrogens with zero attached hydrogens (tertiary/aromatic N) is 3. The molecule has 6 nitrogen and oxygen atoms in total. The van der Waals surface area contributed by atoms with Gasteiger partial charge in [-0.25, -0.2) is 0 Å².